The quantitative estimate of drug-likeness (QED) is 0.863. The summed E-state index contributed by atoms with van der Waals surface area (Å²) in [5.41, 5.74) is 5.01. The number of fused-ring (bicyclic) bond motifs is 1. The highest BCUT2D eigenvalue weighted by Crippen LogP contribution is 2.29. The van der Waals surface area contributed by atoms with Crippen molar-refractivity contribution in [3.63, 3.8) is 0 Å². The summed E-state index contributed by atoms with van der Waals surface area (Å²) >= 11 is 0. The van der Waals surface area contributed by atoms with Crippen LogP contribution in [0.4, 0.5) is 0 Å². The van der Waals surface area contributed by atoms with Crippen LogP contribution in [0.15, 0.2) is 24.3 Å². The minimum Gasteiger partial charge on any atom is -0.379 e. The Morgan fingerprint density at radius 3 is 2.71 bits per heavy atom. The van der Waals surface area contributed by atoms with Crippen molar-refractivity contribution in [3.8, 4) is 5.69 Å². The molecule has 4 rings (SSSR count). The average Bonchev–Trinajstić information content (AvgIpc) is 3.30. The fraction of sp³-hybridized carbons (Fsp3) is 0.545. The zero-order valence-electron chi connectivity index (χ0n) is 17.1. The normalized spacial score (nSPS) is 17.5. The molecule has 150 valence electrons. The molecule has 28 heavy (non-hydrogen) atoms. The fourth-order valence-corrected chi connectivity index (χ4v) is 4.28. The van der Waals surface area contributed by atoms with E-state index in [-0.39, 0.29) is 11.4 Å². The first-order chi connectivity index (χ1) is 13.5. The molecule has 2 heterocycles. The van der Waals surface area contributed by atoms with Gasteiger partial charge < -0.3 is 10.1 Å². The molecule has 0 atom stereocenters. The molecule has 6 nitrogen and oxygen atoms in total. The molecule has 2 aliphatic rings. The van der Waals surface area contributed by atoms with Crippen LogP contribution in [0, 0.1) is 6.92 Å². The predicted octanol–water partition coefficient (Wildman–Crippen LogP) is 2.51. The van der Waals surface area contributed by atoms with Gasteiger partial charge in [-0.1, -0.05) is 18.2 Å². The molecule has 1 saturated heterocycles. The van der Waals surface area contributed by atoms with Crippen molar-refractivity contribution in [2.45, 2.75) is 45.6 Å². The number of morpholine rings is 1. The van der Waals surface area contributed by atoms with E-state index in [9.17, 15) is 4.79 Å². The van der Waals surface area contributed by atoms with E-state index in [0.717, 1.165) is 56.8 Å². The van der Waals surface area contributed by atoms with Crippen LogP contribution in [0.1, 0.15) is 47.6 Å². The summed E-state index contributed by atoms with van der Waals surface area (Å²) in [6.07, 6.45) is 2.98. The van der Waals surface area contributed by atoms with Crippen LogP contribution in [-0.4, -0.2) is 59.0 Å². The third-order valence-electron chi connectivity index (χ3n) is 6.04. The van der Waals surface area contributed by atoms with Gasteiger partial charge in [0.15, 0.2) is 5.69 Å². The van der Waals surface area contributed by atoms with Crippen LogP contribution in [0.2, 0.25) is 0 Å². The number of rotatable bonds is 5. The van der Waals surface area contributed by atoms with Crippen LogP contribution in [0.5, 0.6) is 0 Å². The first-order valence-electron chi connectivity index (χ1n) is 10.2. The highest BCUT2D eigenvalue weighted by molar-refractivity contribution is 5.94. The summed E-state index contributed by atoms with van der Waals surface area (Å²) in [7, 11) is 0. The molecule has 0 spiro atoms. The number of carbonyl (C=O) groups excluding carboxylic acids is 1. The number of hydrogen-bond donors (Lipinski definition) is 1. The van der Waals surface area contributed by atoms with E-state index < -0.39 is 0 Å². The van der Waals surface area contributed by atoms with Gasteiger partial charge in [-0.3, -0.25) is 9.69 Å². The molecule has 1 aromatic heterocycles. The summed E-state index contributed by atoms with van der Waals surface area (Å²) < 4.78 is 7.44. The molecule has 0 bridgehead atoms. The molecule has 1 aromatic carbocycles. The second kappa shape index (κ2) is 7.68. The Hall–Kier alpha value is -2.18. The molecule has 6 heteroatoms. The summed E-state index contributed by atoms with van der Waals surface area (Å²) in [6, 6.07) is 8.22. The maximum atomic E-state index is 13.0. The Kier molecular flexibility index (Phi) is 5.25. The molecule has 0 saturated carbocycles. The highest BCUT2D eigenvalue weighted by Gasteiger charge is 2.31. The summed E-state index contributed by atoms with van der Waals surface area (Å²) in [6.45, 7) is 10.3. The molecule has 1 fully saturated rings. The van der Waals surface area contributed by atoms with E-state index in [2.05, 4.69) is 43.1 Å². The maximum absolute atomic E-state index is 13.0. The van der Waals surface area contributed by atoms with Gasteiger partial charge in [0.05, 0.1) is 18.9 Å². The number of aromatic nitrogens is 2. The van der Waals surface area contributed by atoms with Crippen LogP contribution < -0.4 is 5.32 Å². The van der Waals surface area contributed by atoms with Gasteiger partial charge in [0.1, 0.15) is 0 Å². The number of nitrogens with zero attached hydrogens (tertiary/aromatic N) is 3. The molecular weight excluding hydrogens is 352 g/mol. The molecule has 1 N–H and O–H groups in total. The van der Waals surface area contributed by atoms with Gasteiger partial charge in [0.25, 0.3) is 5.91 Å². The van der Waals surface area contributed by atoms with Gasteiger partial charge in [-0.25, -0.2) is 4.68 Å². The monoisotopic (exact) mass is 382 g/mol. The predicted molar refractivity (Wildman–Crippen MR) is 109 cm³/mol. The molecule has 1 amide bonds. The third kappa shape index (κ3) is 3.59. The molecule has 0 radical (unpaired) electrons. The van der Waals surface area contributed by atoms with E-state index in [0.29, 0.717) is 12.2 Å². The smallest absolute Gasteiger partial charge is 0.272 e. The number of ether oxygens (including phenoxy) is 1. The Labute approximate surface area is 166 Å². The van der Waals surface area contributed by atoms with E-state index in [4.69, 9.17) is 9.84 Å². The van der Waals surface area contributed by atoms with Gasteiger partial charge >= 0.3 is 0 Å². The largest absolute Gasteiger partial charge is 0.379 e. The second-order valence-electron chi connectivity index (χ2n) is 8.42. The molecule has 0 unspecified atom stereocenters. The van der Waals surface area contributed by atoms with Crippen molar-refractivity contribution in [2.24, 2.45) is 0 Å². The lowest BCUT2D eigenvalue weighted by molar-refractivity contribution is -0.00924. The minimum absolute atomic E-state index is 0.0631. The van der Waals surface area contributed by atoms with E-state index in [1.165, 1.54) is 11.3 Å². The summed E-state index contributed by atoms with van der Waals surface area (Å²) in [5, 5.41) is 7.90. The number of para-hydroxylation sites is 1. The minimum atomic E-state index is -0.110. The van der Waals surface area contributed by atoms with Crippen molar-refractivity contribution >= 4 is 5.91 Å². The Morgan fingerprint density at radius 2 is 1.96 bits per heavy atom. The highest BCUT2D eigenvalue weighted by atomic mass is 16.5. The van der Waals surface area contributed by atoms with Crippen molar-refractivity contribution in [2.75, 3.05) is 32.8 Å². The number of carbonyl (C=O) groups is 1. The number of hydrogen-bond acceptors (Lipinski definition) is 4. The van der Waals surface area contributed by atoms with Crippen molar-refractivity contribution in [3.05, 3.63) is 46.8 Å². The van der Waals surface area contributed by atoms with Crippen LogP contribution in [0.25, 0.3) is 5.69 Å². The first kappa shape index (κ1) is 19.2. The lowest BCUT2D eigenvalue weighted by Gasteiger charge is -2.40. The first-order valence-corrected chi connectivity index (χ1v) is 10.2. The topological polar surface area (TPSA) is 59.4 Å². The van der Waals surface area contributed by atoms with Crippen LogP contribution in [0.3, 0.4) is 0 Å². The number of amides is 1. The second-order valence-corrected chi connectivity index (χ2v) is 8.42. The Bertz CT molecular complexity index is 865. The SMILES string of the molecule is Cc1ccccc1-n1nc(C(=O)NCC(C)(C)N2CCOCC2)c2c1CCC2. The summed E-state index contributed by atoms with van der Waals surface area (Å²) in [4.78, 5) is 15.4. The Balaban J connectivity index is 1.54. The van der Waals surface area contributed by atoms with Crippen LogP contribution >= 0.6 is 0 Å². The van der Waals surface area contributed by atoms with Gasteiger partial charge in [-0.15, -0.1) is 0 Å². The number of benzene rings is 1. The van der Waals surface area contributed by atoms with E-state index in [1.54, 1.807) is 0 Å². The molecule has 2 aromatic rings. The lowest BCUT2D eigenvalue weighted by atomic mass is 10.0. The van der Waals surface area contributed by atoms with Crippen LogP contribution in [-0.2, 0) is 17.6 Å². The number of aryl methyl sites for hydroxylation is 1. The van der Waals surface area contributed by atoms with Gasteiger partial charge in [0.2, 0.25) is 0 Å². The maximum Gasteiger partial charge on any atom is 0.272 e. The zero-order valence-corrected chi connectivity index (χ0v) is 17.1. The van der Waals surface area contributed by atoms with Crippen molar-refractivity contribution in [1.82, 2.24) is 20.0 Å². The number of nitrogens with one attached hydrogen (secondary N) is 1. The van der Waals surface area contributed by atoms with Gasteiger partial charge in [-0.2, -0.15) is 5.10 Å². The van der Waals surface area contributed by atoms with E-state index >= 15 is 0 Å². The Morgan fingerprint density at radius 1 is 1.21 bits per heavy atom. The molecular formula is C22H30N4O2. The molecule has 1 aliphatic carbocycles. The van der Waals surface area contributed by atoms with Crippen molar-refractivity contribution in [1.29, 1.82) is 0 Å². The van der Waals surface area contributed by atoms with Crippen molar-refractivity contribution < 1.29 is 9.53 Å². The standard InChI is InChI=1S/C22H30N4O2/c1-16-7-4-5-9-18(16)26-19-10-6-8-17(19)20(24-26)21(27)23-15-22(2,3)25-11-13-28-14-12-25/h4-5,7,9H,6,8,10-15H2,1-3H3,(H,23,27). The van der Waals surface area contributed by atoms with Gasteiger partial charge in [0, 0.05) is 36.4 Å². The van der Waals surface area contributed by atoms with E-state index in [1.807, 2.05) is 16.8 Å². The molecule has 1 aliphatic heterocycles. The summed E-state index contributed by atoms with van der Waals surface area (Å²) in [5.74, 6) is -0.0631. The van der Waals surface area contributed by atoms with Gasteiger partial charge in [-0.05, 0) is 51.7 Å². The fourth-order valence-electron chi connectivity index (χ4n) is 4.28. The lowest BCUT2D eigenvalue weighted by Crippen LogP contribution is -2.55. The average molecular weight is 383 g/mol. The third-order valence-corrected chi connectivity index (χ3v) is 6.04. The zero-order chi connectivity index (χ0) is 19.7.